The van der Waals surface area contributed by atoms with Crippen LogP contribution in [0.3, 0.4) is 0 Å². The highest BCUT2D eigenvalue weighted by Gasteiger charge is 2.13. The van der Waals surface area contributed by atoms with Crippen LogP contribution in [-0.2, 0) is 0 Å². The number of non-ortho nitro benzene ring substituents is 1. The predicted molar refractivity (Wildman–Crippen MR) is 79.8 cm³/mol. The monoisotopic (exact) mass is 288 g/mol. The SMILES string of the molecule is CC(C)Oc1cc(Oc2ccccc2N)cc([N+](=O)[O-])c1. The topological polar surface area (TPSA) is 87.6 Å². The van der Waals surface area contributed by atoms with Crippen LogP contribution in [0.15, 0.2) is 42.5 Å². The Morgan fingerprint density at radius 3 is 2.43 bits per heavy atom. The summed E-state index contributed by atoms with van der Waals surface area (Å²) in [6.07, 6.45) is -0.0957. The summed E-state index contributed by atoms with van der Waals surface area (Å²) >= 11 is 0. The van der Waals surface area contributed by atoms with E-state index in [2.05, 4.69) is 0 Å². The van der Waals surface area contributed by atoms with Crippen molar-refractivity contribution in [2.45, 2.75) is 20.0 Å². The highest BCUT2D eigenvalue weighted by atomic mass is 16.6. The van der Waals surface area contributed by atoms with Gasteiger partial charge in [0.25, 0.3) is 5.69 Å². The Morgan fingerprint density at radius 1 is 1.14 bits per heavy atom. The van der Waals surface area contributed by atoms with Gasteiger partial charge in [0.15, 0.2) is 0 Å². The predicted octanol–water partition coefficient (Wildman–Crippen LogP) is 3.76. The first-order valence-corrected chi connectivity index (χ1v) is 6.44. The molecule has 2 aromatic carbocycles. The molecule has 2 aromatic rings. The molecule has 2 N–H and O–H groups in total. The smallest absolute Gasteiger partial charge is 0.276 e. The largest absolute Gasteiger partial charge is 0.491 e. The van der Waals surface area contributed by atoms with Gasteiger partial charge in [0.05, 0.1) is 28.8 Å². The van der Waals surface area contributed by atoms with Gasteiger partial charge in [-0.15, -0.1) is 0 Å². The summed E-state index contributed by atoms with van der Waals surface area (Å²) in [5.41, 5.74) is 6.15. The Labute approximate surface area is 122 Å². The Morgan fingerprint density at radius 2 is 1.81 bits per heavy atom. The molecule has 0 unspecified atom stereocenters. The second-order valence-corrected chi connectivity index (χ2v) is 4.73. The van der Waals surface area contributed by atoms with Gasteiger partial charge in [-0.25, -0.2) is 0 Å². The van der Waals surface area contributed by atoms with Crippen molar-refractivity contribution in [2.75, 3.05) is 5.73 Å². The van der Waals surface area contributed by atoms with E-state index in [1.165, 1.54) is 12.1 Å². The molecule has 0 aliphatic carbocycles. The maximum atomic E-state index is 11.0. The molecule has 0 saturated heterocycles. The molecule has 0 heterocycles. The maximum Gasteiger partial charge on any atom is 0.276 e. The van der Waals surface area contributed by atoms with Gasteiger partial charge >= 0.3 is 0 Å². The summed E-state index contributed by atoms with van der Waals surface area (Å²) in [7, 11) is 0. The fourth-order valence-electron chi connectivity index (χ4n) is 1.76. The Kier molecular flexibility index (Phi) is 4.27. The maximum absolute atomic E-state index is 11.0. The fraction of sp³-hybridized carbons (Fsp3) is 0.200. The molecule has 2 rings (SSSR count). The molecule has 0 aromatic heterocycles. The third-order valence-electron chi connectivity index (χ3n) is 2.59. The third kappa shape index (κ3) is 3.85. The lowest BCUT2D eigenvalue weighted by Crippen LogP contribution is -2.06. The van der Waals surface area contributed by atoms with E-state index < -0.39 is 4.92 Å². The van der Waals surface area contributed by atoms with Gasteiger partial charge < -0.3 is 15.2 Å². The molecule has 0 radical (unpaired) electrons. The van der Waals surface area contributed by atoms with E-state index in [0.29, 0.717) is 22.9 Å². The Balaban J connectivity index is 2.36. The zero-order chi connectivity index (χ0) is 15.4. The number of nitro benzene ring substituents is 1. The second-order valence-electron chi connectivity index (χ2n) is 4.73. The number of hydrogen-bond donors (Lipinski definition) is 1. The van der Waals surface area contributed by atoms with E-state index in [-0.39, 0.29) is 11.8 Å². The number of nitrogens with zero attached hydrogens (tertiary/aromatic N) is 1. The summed E-state index contributed by atoms with van der Waals surface area (Å²) in [4.78, 5) is 10.5. The quantitative estimate of drug-likeness (QED) is 0.514. The van der Waals surface area contributed by atoms with Crippen LogP contribution in [0.25, 0.3) is 0 Å². The van der Waals surface area contributed by atoms with Crippen LogP contribution in [-0.4, -0.2) is 11.0 Å². The van der Waals surface area contributed by atoms with Gasteiger partial charge in [-0.1, -0.05) is 12.1 Å². The number of para-hydroxylation sites is 2. The summed E-state index contributed by atoms with van der Waals surface area (Å²) in [6.45, 7) is 3.68. The molecule has 0 bridgehead atoms. The van der Waals surface area contributed by atoms with Gasteiger partial charge in [0.2, 0.25) is 0 Å². The Hall–Kier alpha value is -2.76. The first kappa shape index (κ1) is 14.6. The van der Waals surface area contributed by atoms with E-state index in [1.54, 1.807) is 30.3 Å². The number of rotatable bonds is 5. The summed E-state index contributed by atoms with van der Waals surface area (Å²) < 4.78 is 11.1. The minimum atomic E-state index is -0.492. The van der Waals surface area contributed by atoms with Crippen molar-refractivity contribution in [1.82, 2.24) is 0 Å². The summed E-state index contributed by atoms with van der Waals surface area (Å²) in [5.74, 6) is 1.12. The number of benzene rings is 2. The average molecular weight is 288 g/mol. The zero-order valence-corrected chi connectivity index (χ0v) is 11.8. The molecule has 0 aliphatic rings. The molecule has 0 fully saturated rings. The summed E-state index contributed by atoms with van der Waals surface area (Å²) in [5, 5.41) is 11.0. The van der Waals surface area contributed by atoms with Crippen molar-refractivity contribution in [1.29, 1.82) is 0 Å². The van der Waals surface area contributed by atoms with Crippen LogP contribution < -0.4 is 15.2 Å². The van der Waals surface area contributed by atoms with Crippen molar-refractivity contribution in [3.63, 3.8) is 0 Å². The number of nitrogen functional groups attached to an aromatic ring is 1. The van der Waals surface area contributed by atoms with Gasteiger partial charge in [0, 0.05) is 6.07 Å². The third-order valence-corrected chi connectivity index (χ3v) is 2.59. The molecule has 0 amide bonds. The molecule has 0 aliphatic heterocycles. The zero-order valence-electron chi connectivity index (χ0n) is 11.8. The highest BCUT2D eigenvalue weighted by molar-refractivity contribution is 5.55. The number of nitrogens with two attached hydrogens (primary N) is 1. The molecule has 21 heavy (non-hydrogen) atoms. The second kappa shape index (κ2) is 6.13. The van der Waals surface area contributed by atoms with E-state index >= 15 is 0 Å². The number of anilines is 1. The van der Waals surface area contributed by atoms with Crippen molar-refractivity contribution < 1.29 is 14.4 Å². The van der Waals surface area contributed by atoms with Gasteiger partial charge in [-0.2, -0.15) is 0 Å². The van der Waals surface area contributed by atoms with E-state index in [0.717, 1.165) is 0 Å². The number of ether oxygens (including phenoxy) is 2. The Bertz CT molecular complexity index is 656. The van der Waals surface area contributed by atoms with Crippen LogP contribution in [0.1, 0.15) is 13.8 Å². The first-order chi connectivity index (χ1) is 9.95. The molecule has 0 saturated carbocycles. The molecule has 0 atom stereocenters. The van der Waals surface area contributed by atoms with Crippen LogP contribution in [0, 0.1) is 10.1 Å². The van der Waals surface area contributed by atoms with Crippen molar-refractivity contribution >= 4 is 11.4 Å². The molecule has 6 nitrogen and oxygen atoms in total. The lowest BCUT2D eigenvalue weighted by atomic mass is 10.2. The molecular formula is C15H16N2O4. The molecule has 6 heteroatoms. The number of hydrogen-bond acceptors (Lipinski definition) is 5. The van der Waals surface area contributed by atoms with Gasteiger partial charge in [0.1, 0.15) is 17.2 Å². The standard InChI is InChI=1S/C15H16N2O4/c1-10(2)20-12-7-11(17(18)19)8-13(9-12)21-15-6-4-3-5-14(15)16/h3-10H,16H2,1-2H3. The molecule has 110 valence electrons. The van der Waals surface area contributed by atoms with Crippen molar-refractivity contribution in [3.8, 4) is 17.2 Å². The number of nitro groups is 1. The van der Waals surface area contributed by atoms with Crippen LogP contribution in [0.4, 0.5) is 11.4 Å². The minimum absolute atomic E-state index is 0.0957. The normalized spacial score (nSPS) is 10.4. The van der Waals surface area contributed by atoms with E-state index in [9.17, 15) is 10.1 Å². The fourth-order valence-corrected chi connectivity index (χ4v) is 1.76. The van der Waals surface area contributed by atoms with E-state index in [1.807, 2.05) is 13.8 Å². The van der Waals surface area contributed by atoms with Gasteiger partial charge in [-0.05, 0) is 26.0 Å². The van der Waals surface area contributed by atoms with Gasteiger partial charge in [-0.3, -0.25) is 10.1 Å². The minimum Gasteiger partial charge on any atom is -0.491 e. The van der Waals surface area contributed by atoms with Crippen LogP contribution in [0.5, 0.6) is 17.2 Å². The summed E-state index contributed by atoms with van der Waals surface area (Å²) in [6, 6.07) is 11.2. The average Bonchev–Trinajstić information content (AvgIpc) is 2.40. The lowest BCUT2D eigenvalue weighted by Gasteiger charge is -2.12. The highest BCUT2D eigenvalue weighted by Crippen LogP contribution is 2.33. The van der Waals surface area contributed by atoms with Crippen molar-refractivity contribution in [2.24, 2.45) is 0 Å². The van der Waals surface area contributed by atoms with Crippen LogP contribution in [0.2, 0.25) is 0 Å². The first-order valence-electron chi connectivity index (χ1n) is 6.44. The van der Waals surface area contributed by atoms with Crippen molar-refractivity contribution in [3.05, 3.63) is 52.6 Å². The van der Waals surface area contributed by atoms with Crippen LogP contribution >= 0.6 is 0 Å². The molecule has 0 spiro atoms. The lowest BCUT2D eigenvalue weighted by molar-refractivity contribution is -0.385. The van der Waals surface area contributed by atoms with E-state index in [4.69, 9.17) is 15.2 Å². The molecular weight excluding hydrogens is 272 g/mol.